The van der Waals surface area contributed by atoms with Crippen LogP contribution in [0.3, 0.4) is 0 Å². The standard InChI is InChI=1S/C9H10N4O/c1-7-6-8(11-10-7)12-13-5-3-2-4-9(13)14/h2-6H,1H3,(H2,10,11,12). The van der Waals surface area contributed by atoms with E-state index in [-0.39, 0.29) is 5.56 Å². The Morgan fingerprint density at radius 3 is 3.00 bits per heavy atom. The molecule has 2 heterocycles. The third-order valence-electron chi connectivity index (χ3n) is 1.76. The van der Waals surface area contributed by atoms with Crippen LogP contribution in [0.1, 0.15) is 5.69 Å². The Morgan fingerprint density at radius 2 is 2.36 bits per heavy atom. The average molecular weight is 190 g/mol. The van der Waals surface area contributed by atoms with Crippen molar-refractivity contribution in [1.29, 1.82) is 0 Å². The van der Waals surface area contributed by atoms with Crippen LogP contribution in [0.25, 0.3) is 0 Å². The molecule has 0 amide bonds. The summed E-state index contributed by atoms with van der Waals surface area (Å²) in [4.78, 5) is 11.3. The van der Waals surface area contributed by atoms with Crippen LogP contribution in [0, 0.1) is 6.92 Å². The fourth-order valence-electron chi connectivity index (χ4n) is 1.12. The van der Waals surface area contributed by atoms with E-state index in [1.54, 1.807) is 18.3 Å². The van der Waals surface area contributed by atoms with Gasteiger partial charge in [-0.2, -0.15) is 5.10 Å². The van der Waals surface area contributed by atoms with Crippen molar-refractivity contribution in [1.82, 2.24) is 14.9 Å². The Kier molecular flexibility index (Phi) is 2.06. The molecule has 2 aromatic heterocycles. The van der Waals surface area contributed by atoms with E-state index in [1.165, 1.54) is 10.7 Å². The van der Waals surface area contributed by atoms with Crippen molar-refractivity contribution in [2.75, 3.05) is 5.43 Å². The molecule has 0 aliphatic heterocycles. The molecule has 5 nitrogen and oxygen atoms in total. The third kappa shape index (κ3) is 1.66. The molecule has 0 bridgehead atoms. The number of aryl methyl sites for hydroxylation is 1. The highest BCUT2D eigenvalue weighted by atomic mass is 16.1. The Balaban J connectivity index is 2.27. The van der Waals surface area contributed by atoms with E-state index in [1.807, 2.05) is 13.0 Å². The molecule has 0 saturated heterocycles. The summed E-state index contributed by atoms with van der Waals surface area (Å²) in [6, 6.07) is 6.76. The van der Waals surface area contributed by atoms with Gasteiger partial charge in [-0.1, -0.05) is 6.07 Å². The maximum absolute atomic E-state index is 11.3. The summed E-state index contributed by atoms with van der Waals surface area (Å²) in [5.74, 6) is 0.621. The number of aromatic nitrogens is 3. The largest absolute Gasteiger partial charge is 0.281 e. The van der Waals surface area contributed by atoms with E-state index in [0.29, 0.717) is 5.82 Å². The van der Waals surface area contributed by atoms with Gasteiger partial charge in [-0.25, -0.2) is 4.68 Å². The normalized spacial score (nSPS) is 10.1. The number of aromatic amines is 1. The van der Waals surface area contributed by atoms with Gasteiger partial charge in [0.1, 0.15) is 0 Å². The summed E-state index contributed by atoms with van der Waals surface area (Å²) in [5.41, 5.74) is 3.68. The average Bonchev–Trinajstić information content (AvgIpc) is 2.56. The molecular formula is C9H10N4O. The second kappa shape index (κ2) is 3.37. The molecule has 0 atom stereocenters. The zero-order valence-corrected chi connectivity index (χ0v) is 7.69. The number of pyridine rings is 1. The number of hydrogen-bond acceptors (Lipinski definition) is 3. The minimum absolute atomic E-state index is 0.117. The quantitative estimate of drug-likeness (QED) is 0.734. The summed E-state index contributed by atoms with van der Waals surface area (Å²) in [6.45, 7) is 1.89. The van der Waals surface area contributed by atoms with E-state index in [2.05, 4.69) is 15.6 Å². The van der Waals surface area contributed by atoms with Crippen LogP contribution in [-0.4, -0.2) is 14.9 Å². The zero-order chi connectivity index (χ0) is 9.97. The Labute approximate surface area is 80.4 Å². The second-order valence-corrected chi connectivity index (χ2v) is 2.96. The lowest BCUT2D eigenvalue weighted by Gasteiger charge is -2.03. The van der Waals surface area contributed by atoms with Crippen LogP contribution in [-0.2, 0) is 0 Å². The van der Waals surface area contributed by atoms with Crippen molar-refractivity contribution in [3.8, 4) is 0 Å². The molecule has 0 unspecified atom stereocenters. The third-order valence-corrected chi connectivity index (χ3v) is 1.76. The number of nitrogens with zero attached hydrogens (tertiary/aromatic N) is 2. The monoisotopic (exact) mass is 190 g/mol. The lowest BCUT2D eigenvalue weighted by atomic mass is 10.5. The smallest absolute Gasteiger partial charge is 0.269 e. The molecule has 0 aliphatic rings. The van der Waals surface area contributed by atoms with Crippen molar-refractivity contribution < 1.29 is 0 Å². The van der Waals surface area contributed by atoms with Crippen molar-refractivity contribution in [2.24, 2.45) is 0 Å². The van der Waals surface area contributed by atoms with Crippen LogP contribution in [0.5, 0.6) is 0 Å². The lowest BCUT2D eigenvalue weighted by molar-refractivity contribution is 0.881. The SMILES string of the molecule is Cc1cc(Nn2ccccc2=O)n[nH]1. The highest BCUT2D eigenvalue weighted by Crippen LogP contribution is 2.02. The molecule has 0 spiro atoms. The first kappa shape index (κ1) is 8.55. The Bertz CT molecular complexity index is 485. The fraction of sp³-hybridized carbons (Fsp3) is 0.111. The first-order valence-corrected chi connectivity index (χ1v) is 4.22. The zero-order valence-electron chi connectivity index (χ0n) is 7.69. The van der Waals surface area contributed by atoms with Crippen LogP contribution in [0.4, 0.5) is 5.82 Å². The topological polar surface area (TPSA) is 62.7 Å². The predicted octanol–water partition coefficient (Wildman–Crippen LogP) is 0.755. The van der Waals surface area contributed by atoms with Crippen LogP contribution >= 0.6 is 0 Å². The van der Waals surface area contributed by atoms with Gasteiger partial charge in [0, 0.05) is 24.0 Å². The van der Waals surface area contributed by atoms with E-state index >= 15 is 0 Å². The highest BCUT2D eigenvalue weighted by molar-refractivity contribution is 5.34. The van der Waals surface area contributed by atoms with E-state index in [9.17, 15) is 4.79 Å². The Morgan fingerprint density at radius 1 is 1.50 bits per heavy atom. The maximum Gasteiger partial charge on any atom is 0.269 e. The van der Waals surface area contributed by atoms with Crippen molar-refractivity contribution >= 4 is 5.82 Å². The van der Waals surface area contributed by atoms with Crippen molar-refractivity contribution in [2.45, 2.75) is 6.92 Å². The summed E-state index contributed by atoms with van der Waals surface area (Å²) >= 11 is 0. The summed E-state index contributed by atoms with van der Waals surface area (Å²) in [7, 11) is 0. The molecule has 14 heavy (non-hydrogen) atoms. The molecular weight excluding hydrogens is 180 g/mol. The van der Waals surface area contributed by atoms with Crippen LogP contribution in [0.2, 0.25) is 0 Å². The van der Waals surface area contributed by atoms with E-state index in [4.69, 9.17) is 0 Å². The number of nitrogens with one attached hydrogen (secondary N) is 2. The number of rotatable bonds is 2. The van der Waals surface area contributed by atoms with Gasteiger partial charge < -0.3 is 0 Å². The summed E-state index contributed by atoms with van der Waals surface area (Å²) in [5, 5.41) is 6.74. The molecule has 5 heteroatoms. The van der Waals surface area contributed by atoms with Gasteiger partial charge in [0.2, 0.25) is 0 Å². The van der Waals surface area contributed by atoms with Gasteiger partial charge >= 0.3 is 0 Å². The number of H-pyrrole nitrogens is 1. The molecule has 0 fully saturated rings. The van der Waals surface area contributed by atoms with Crippen LogP contribution in [0.15, 0.2) is 35.3 Å². The molecule has 0 aromatic carbocycles. The maximum atomic E-state index is 11.3. The van der Waals surface area contributed by atoms with Gasteiger partial charge in [0.05, 0.1) is 0 Å². The predicted molar refractivity (Wildman–Crippen MR) is 53.0 cm³/mol. The van der Waals surface area contributed by atoms with Gasteiger partial charge in [-0.05, 0) is 13.0 Å². The molecule has 0 radical (unpaired) electrons. The first-order valence-electron chi connectivity index (χ1n) is 4.22. The van der Waals surface area contributed by atoms with Gasteiger partial charge in [-0.15, -0.1) is 0 Å². The lowest BCUT2D eigenvalue weighted by Crippen LogP contribution is -2.24. The van der Waals surface area contributed by atoms with Gasteiger partial charge in [0.15, 0.2) is 5.82 Å². The minimum Gasteiger partial charge on any atom is -0.281 e. The van der Waals surface area contributed by atoms with Crippen molar-refractivity contribution in [3.63, 3.8) is 0 Å². The first-order chi connectivity index (χ1) is 6.75. The highest BCUT2D eigenvalue weighted by Gasteiger charge is 1.97. The van der Waals surface area contributed by atoms with Crippen LogP contribution < -0.4 is 11.0 Å². The Hall–Kier alpha value is -2.04. The summed E-state index contributed by atoms with van der Waals surface area (Å²) < 4.78 is 1.37. The number of anilines is 1. The fourth-order valence-corrected chi connectivity index (χ4v) is 1.12. The van der Waals surface area contributed by atoms with E-state index < -0.39 is 0 Å². The van der Waals surface area contributed by atoms with Crippen molar-refractivity contribution in [3.05, 3.63) is 46.5 Å². The van der Waals surface area contributed by atoms with Gasteiger partial charge in [0.25, 0.3) is 5.56 Å². The molecule has 0 saturated carbocycles. The summed E-state index contributed by atoms with van der Waals surface area (Å²) in [6.07, 6.45) is 1.65. The molecule has 2 rings (SSSR count). The minimum atomic E-state index is -0.117. The molecule has 2 N–H and O–H groups in total. The van der Waals surface area contributed by atoms with E-state index in [0.717, 1.165) is 5.69 Å². The van der Waals surface area contributed by atoms with Gasteiger partial charge in [-0.3, -0.25) is 15.3 Å². The molecule has 2 aromatic rings. The molecule has 72 valence electrons. The molecule has 0 aliphatic carbocycles. The second-order valence-electron chi connectivity index (χ2n) is 2.96. The number of hydrogen-bond donors (Lipinski definition) is 2.